The summed E-state index contributed by atoms with van der Waals surface area (Å²) in [6.07, 6.45) is -0.0126. The smallest absolute Gasteiger partial charge is 0.407 e. The van der Waals surface area contributed by atoms with Gasteiger partial charge in [0, 0.05) is 18.1 Å². The highest BCUT2D eigenvalue weighted by Crippen LogP contribution is 2.39. The molecule has 2 fully saturated rings. The van der Waals surface area contributed by atoms with Crippen LogP contribution in [0.1, 0.15) is 12.0 Å². The lowest BCUT2D eigenvalue weighted by Crippen LogP contribution is -2.61. The molecule has 0 radical (unpaired) electrons. The molecule has 6 heteroatoms. The molecule has 0 spiro atoms. The van der Waals surface area contributed by atoms with Crippen LogP contribution < -0.4 is 5.32 Å². The van der Waals surface area contributed by atoms with Crippen molar-refractivity contribution < 1.29 is 23.0 Å². The van der Waals surface area contributed by atoms with Crippen LogP contribution in [0.4, 0.5) is 13.6 Å². The maximum absolute atomic E-state index is 14.0. The minimum atomic E-state index is -1.04. The van der Waals surface area contributed by atoms with E-state index in [1.165, 1.54) is 0 Å². The fourth-order valence-corrected chi connectivity index (χ4v) is 2.79. The number of cyclic esters (lactones) is 1. The van der Waals surface area contributed by atoms with Gasteiger partial charge < -0.3 is 14.8 Å². The summed E-state index contributed by atoms with van der Waals surface area (Å²) in [5.74, 6) is -1.23. The highest BCUT2D eigenvalue weighted by atomic mass is 19.1. The van der Waals surface area contributed by atoms with Gasteiger partial charge >= 0.3 is 6.09 Å². The molecule has 2 unspecified atom stereocenters. The number of carbonyl (C=O) groups excluding carboxylic acids is 1. The van der Waals surface area contributed by atoms with Gasteiger partial charge in [-0.25, -0.2) is 13.6 Å². The number of fused-ring (bicyclic) bond motifs is 1. The van der Waals surface area contributed by atoms with Gasteiger partial charge in [-0.15, -0.1) is 0 Å². The lowest BCUT2D eigenvalue weighted by molar-refractivity contribution is -0.0657. The van der Waals surface area contributed by atoms with E-state index in [2.05, 4.69) is 5.32 Å². The molecule has 2 saturated heterocycles. The number of nitrogens with one attached hydrogen (secondary N) is 1. The lowest BCUT2D eigenvalue weighted by atomic mass is 9.75. The third-order valence-electron chi connectivity index (χ3n) is 3.79. The van der Waals surface area contributed by atoms with E-state index in [-0.39, 0.29) is 24.7 Å². The predicted octanol–water partition coefficient (Wildman–Crippen LogP) is 1.94. The molecule has 3 rings (SSSR count). The van der Waals surface area contributed by atoms with Crippen molar-refractivity contribution >= 4 is 6.09 Å². The van der Waals surface area contributed by atoms with E-state index < -0.39 is 23.3 Å². The number of ether oxygens (including phenoxy) is 2. The Morgan fingerprint density at radius 2 is 2.21 bits per heavy atom. The number of hydrogen-bond acceptors (Lipinski definition) is 3. The van der Waals surface area contributed by atoms with Gasteiger partial charge in [0.05, 0.1) is 13.2 Å². The van der Waals surface area contributed by atoms with E-state index in [1.54, 1.807) is 0 Å². The largest absolute Gasteiger partial charge is 0.449 e. The van der Waals surface area contributed by atoms with Crippen molar-refractivity contribution in [3.05, 3.63) is 35.4 Å². The topological polar surface area (TPSA) is 47.6 Å². The summed E-state index contributed by atoms with van der Waals surface area (Å²) in [6.45, 7) is 0.820. The monoisotopic (exact) mass is 269 g/mol. The molecule has 2 aliphatic rings. The van der Waals surface area contributed by atoms with Gasteiger partial charge in [-0.2, -0.15) is 0 Å². The Balaban J connectivity index is 2.10. The summed E-state index contributed by atoms with van der Waals surface area (Å²) in [7, 11) is 0. The first-order valence-corrected chi connectivity index (χ1v) is 6.10. The van der Waals surface area contributed by atoms with Crippen molar-refractivity contribution in [1.82, 2.24) is 5.32 Å². The molecule has 0 saturated carbocycles. The van der Waals surface area contributed by atoms with Gasteiger partial charge in [0.2, 0.25) is 0 Å². The minimum absolute atomic E-state index is 0.118. The molecule has 2 atom stereocenters. The first kappa shape index (κ1) is 12.3. The fourth-order valence-electron chi connectivity index (χ4n) is 2.79. The average molecular weight is 269 g/mol. The van der Waals surface area contributed by atoms with Gasteiger partial charge in [0.1, 0.15) is 17.2 Å². The van der Waals surface area contributed by atoms with Crippen LogP contribution in [0.25, 0.3) is 0 Å². The fraction of sp³-hybridized carbons (Fsp3) is 0.462. The van der Waals surface area contributed by atoms with E-state index in [9.17, 15) is 13.6 Å². The maximum Gasteiger partial charge on any atom is 0.407 e. The van der Waals surface area contributed by atoms with Crippen LogP contribution in [0.2, 0.25) is 0 Å². The van der Waals surface area contributed by atoms with Crippen LogP contribution in [0, 0.1) is 17.6 Å². The van der Waals surface area contributed by atoms with Gasteiger partial charge in [-0.05, 0) is 24.6 Å². The number of alkyl carbamates (subject to hydrolysis) is 1. The molecular weight excluding hydrogens is 256 g/mol. The van der Waals surface area contributed by atoms with Crippen molar-refractivity contribution in [3.8, 4) is 0 Å². The van der Waals surface area contributed by atoms with Crippen LogP contribution in [0.15, 0.2) is 18.2 Å². The maximum atomic E-state index is 14.0. The van der Waals surface area contributed by atoms with Crippen molar-refractivity contribution in [3.63, 3.8) is 0 Å². The minimum Gasteiger partial charge on any atom is -0.449 e. The number of rotatable bonds is 1. The molecule has 19 heavy (non-hydrogen) atoms. The molecule has 1 aromatic carbocycles. The molecule has 2 aliphatic heterocycles. The Morgan fingerprint density at radius 3 is 3.05 bits per heavy atom. The van der Waals surface area contributed by atoms with Gasteiger partial charge in [0.15, 0.2) is 0 Å². The molecule has 1 amide bonds. The quantitative estimate of drug-likeness (QED) is 0.847. The van der Waals surface area contributed by atoms with Crippen LogP contribution in [-0.2, 0) is 15.0 Å². The van der Waals surface area contributed by atoms with E-state index in [0.29, 0.717) is 13.0 Å². The normalized spacial score (nSPS) is 30.2. The van der Waals surface area contributed by atoms with Crippen LogP contribution in [-0.4, -0.2) is 25.9 Å². The SMILES string of the molecule is O=C1NC2(c3cc(F)ccc3F)COCCC2CO1. The third kappa shape index (κ3) is 1.96. The second-order valence-corrected chi connectivity index (χ2v) is 4.86. The third-order valence-corrected chi connectivity index (χ3v) is 3.79. The van der Waals surface area contributed by atoms with E-state index >= 15 is 0 Å². The Bertz CT molecular complexity index is 523. The van der Waals surface area contributed by atoms with E-state index in [1.807, 2.05) is 0 Å². The van der Waals surface area contributed by atoms with E-state index in [0.717, 1.165) is 18.2 Å². The summed E-state index contributed by atoms with van der Waals surface area (Å²) in [4.78, 5) is 11.5. The summed E-state index contributed by atoms with van der Waals surface area (Å²) in [5.41, 5.74) is -0.923. The Kier molecular flexibility index (Phi) is 2.89. The molecule has 1 N–H and O–H groups in total. The van der Waals surface area contributed by atoms with Gasteiger partial charge in [-0.1, -0.05) is 0 Å². The van der Waals surface area contributed by atoms with Crippen molar-refractivity contribution in [2.45, 2.75) is 12.0 Å². The van der Waals surface area contributed by atoms with Gasteiger partial charge in [0.25, 0.3) is 0 Å². The second-order valence-electron chi connectivity index (χ2n) is 4.86. The first-order valence-electron chi connectivity index (χ1n) is 6.10. The highest BCUT2D eigenvalue weighted by molar-refractivity contribution is 5.70. The number of benzene rings is 1. The summed E-state index contributed by atoms with van der Waals surface area (Å²) in [5, 5.41) is 2.62. The standard InChI is InChI=1S/C13H13F2NO3/c14-9-1-2-11(15)10(5-9)13-7-18-4-3-8(13)6-19-12(17)16-13/h1-2,5,8H,3-4,6-7H2,(H,16,17). The van der Waals surface area contributed by atoms with E-state index in [4.69, 9.17) is 9.47 Å². The lowest BCUT2D eigenvalue weighted by Gasteiger charge is -2.46. The molecule has 1 aromatic rings. The summed E-state index contributed by atoms with van der Waals surface area (Å²) < 4.78 is 37.8. The number of carbonyl (C=O) groups is 1. The summed E-state index contributed by atoms with van der Waals surface area (Å²) >= 11 is 0. The highest BCUT2D eigenvalue weighted by Gasteiger charge is 2.49. The zero-order chi connectivity index (χ0) is 13.5. The second kappa shape index (κ2) is 4.45. The Labute approximate surface area is 108 Å². The first-order chi connectivity index (χ1) is 9.12. The van der Waals surface area contributed by atoms with Crippen LogP contribution in [0.3, 0.4) is 0 Å². The zero-order valence-electron chi connectivity index (χ0n) is 10.1. The molecule has 2 heterocycles. The van der Waals surface area contributed by atoms with Crippen LogP contribution in [0.5, 0.6) is 0 Å². The Hall–Kier alpha value is -1.69. The number of amides is 1. The average Bonchev–Trinajstić information content (AvgIpc) is 2.41. The molecule has 0 bridgehead atoms. The molecule has 0 aliphatic carbocycles. The summed E-state index contributed by atoms with van der Waals surface area (Å²) in [6, 6.07) is 3.23. The molecular formula is C13H13F2NO3. The van der Waals surface area contributed by atoms with Crippen molar-refractivity contribution in [1.29, 1.82) is 0 Å². The number of halogens is 2. The van der Waals surface area contributed by atoms with Crippen molar-refractivity contribution in [2.75, 3.05) is 19.8 Å². The van der Waals surface area contributed by atoms with Gasteiger partial charge in [-0.3, -0.25) is 0 Å². The predicted molar refractivity (Wildman–Crippen MR) is 61.4 cm³/mol. The zero-order valence-corrected chi connectivity index (χ0v) is 10.1. The molecule has 4 nitrogen and oxygen atoms in total. The Morgan fingerprint density at radius 1 is 1.37 bits per heavy atom. The van der Waals surface area contributed by atoms with Crippen molar-refractivity contribution in [2.24, 2.45) is 5.92 Å². The molecule has 0 aromatic heterocycles. The number of hydrogen-bond donors (Lipinski definition) is 1. The van der Waals surface area contributed by atoms with Crippen LogP contribution >= 0.6 is 0 Å². The molecule has 102 valence electrons.